The highest BCUT2D eigenvalue weighted by molar-refractivity contribution is 6.12. The van der Waals surface area contributed by atoms with Crippen molar-refractivity contribution in [2.24, 2.45) is 0 Å². The molecular weight excluding hydrogens is 432 g/mol. The van der Waals surface area contributed by atoms with Gasteiger partial charge in [-0.3, -0.25) is 0 Å². The largest absolute Gasteiger partial charge is 0.0616 e. The second-order valence-electron chi connectivity index (χ2n) is 9.52. The van der Waals surface area contributed by atoms with Gasteiger partial charge in [0.15, 0.2) is 0 Å². The molecule has 0 amide bonds. The minimum Gasteiger partial charge on any atom is -0.0616 e. The average Bonchev–Trinajstić information content (AvgIpc) is 3.43. The van der Waals surface area contributed by atoms with Crippen LogP contribution in [0.3, 0.4) is 0 Å². The van der Waals surface area contributed by atoms with Crippen LogP contribution in [0, 0.1) is 12.1 Å². The Bertz CT molecular complexity index is 1930. The summed E-state index contributed by atoms with van der Waals surface area (Å²) in [5.41, 5.74) is 12.4. The van der Waals surface area contributed by atoms with Crippen LogP contribution in [-0.2, 0) is 0 Å². The normalized spacial score (nSPS) is 15.3. The quantitative estimate of drug-likeness (QED) is 0.233. The van der Waals surface area contributed by atoms with Crippen molar-refractivity contribution in [1.82, 2.24) is 0 Å². The number of fused-ring (bicyclic) bond motifs is 9. The Morgan fingerprint density at radius 2 is 1.19 bits per heavy atom. The maximum absolute atomic E-state index is 3.77. The zero-order chi connectivity index (χ0) is 23.6. The molecule has 0 unspecified atom stereocenters. The maximum atomic E-state index is 3.77. The molecular formula is C36H20. The molecule has 0 bridgehead atoms. The van der Waals surface area contributed by atoms with Crippen molar-refractivity contribution >= 4 is 32.7 Å². The fourth-order valence-electron chi connectivity index (χ4n) is 5.96. The summed E-state index contributed by atoms with van der Waals surface area (Å²) in [7, 11) is 0. The summed E-state index contributed by atoms with van der Waals surface area (Å²) >= 11 is 0. The van der Waals surface area contributed by atoms with Crippen LogP contribution >= 0.6 is 0 Å². The Morgan fingerprint density at radius 3 is 2.06 bits per heavy atom. The molecule has 0 nitrogen and oxygen atoms in total. The van der Waals surface area contributed by atoms with E-state index in [0.29, 0.717) is 0 Å². The Balaban J connectivity index is 1.41. The molecule has 0 aromatic heterocycles. The molecule has 36 heavy (non-hydrogen) atoms. The highest BCUT2D eigenvalue weighted by Gasteiger charge is 2.26. The third kappa shape index (κ3) is 2.70. The van der Waals surface area contributed by atoms with Crippen LogP contribution in [0.2, 0.25) is 0 Å². The van der Waals surface area contributed by atoms with Gasteiger partial charge < -0.3 is 0 Å². The van der Waals surface area contributed by atoms with E-state index in [-0.39, 0.29) is 0 Å². The van der Waals surface area contributed by atoms with Crippen molar-refractivity contribution in [2.75, 3.05) is 0 Å². The van der Waals surface area contributed by atoms with Crippen LogP contribution < -0.4 is 0 Å². The molecule has 0 aliphatic heterocycles. The van der Waals surface area contributed by atoms with Crippen LogP contribution in [0.25, 0.3) is 54.9 Å². The molecule has 0 atom stereocenters. The van der Waals surface area contributed by atoms with E-state index in [2.05, 4.69) is 133 Å². The van der Waals surface area contributed by atoms with E-state index in [9.17, 15) is 0 Å². The molecule has 0 N–H and O–H groups in total. The first-order valence-electron chi connectivity index (χ1n) is 12.4. The lowest BCUT2D eigenvalue weighted by atomic mass is 9.95. The molecule has 2 radical (unpaired) electrons. The molecule has 2 aliphatic rings. The second kappa shape index (κ2) is 7.41. The number of hydrogen-bond acceptors (Lipinski definition) is 0. The summed E-state index contributed by atoms with van der Waals surface area (Å²) in [6.07, 6.45) is 5.98. The summed E-state index contributed by atoms with van der Waals surface area (Å²) in [5, 5.41) is 4.90. The van der Waals surface area contributed by atoms with E-state index in [0.717, 1.165) is 16.5 Å². The lowest BCUT2D eigenvalue weighted by Crippen LogP contribution is -1.86. The van der Waals surface area contributed by atoms with E-state index in [1.165, 1.54) is 60.7 Å². The zero-order valence-electron chi connectivity index (χ0n) is 19.5. The molecule has 0 spiro atoms. The van der Waals surface area contributed by atoms with Crippen LogP contribution in [0.4, 0.5) is 0 Å². The molecule has 164 valence electrons. The van der Waals surface area contributed by atoms with Crippen LogP contribution in [0.15, 0.2) is 121 Å². The summed E-state index contributed by atoms with van der Waals surface area (Å²) in [5.74, 6) is 0. The van der Waals surface area contributed by atoms with E-state index in [1.54, 1.807) is 0 Å². The van der Waals surface area contributed by atoms with Crippen molar-refractivity contribution < 1.29 is 0 Å². The first kappa shape index (κ1) is 19.6. The molecule has 0 saturated carbocycles. The minimum absolute atomic E-state index is 1.12. The SMILES string of the molecule is [C](/C=C1/c2ccccc2-c2ccc3ccccc3c21)=C1c2[c]c3ccccc3cc2-c2ccccc21. The first-order chi connectivity index (χ1) is 17.9. The summed E-state index contributed by atoms with van der Waals surface area (Å²) in [4.78, 5) is 0. The first-order valence-corrected chi connectivity index (χ1v) is 12.4. The molecule has 2 aliphatic carbocycles. The average molecular weight is 453 g/mol. The number of allylic oxidation sites excluding steroid dienone is 2. The van der Waals surface area contributed by atoms with Crippen molar-refractivity contribution in [3.63, 3.8) is 0 Å². The molecule has 0 fully saturated rings. The lowest BCUT2D eigenvalue weighted by Gasteiger charge is -2.08. The Morgan fingerprint density at radius 1 is 0.528 bits per heavy atom. The van der Waals surface area contributed by atoms with Crippen LogP contribution in [0.1, 0.15) is 22.3 Å². The summed E-state index contributed by atoms with van der Waals surface area (Å²) in [6.45, 7) is 0. The van der Waals surface area contributed by atoms with Gasteiger partial charge >= 0.3 is 0 Å². The third-order valence-corrected chi connectivity index (χ3v) is 7.59. The van der Waals surface area contributed by atoms with Crippen LogP contribution in [0.5, 0.6) is 0 Å². The van der Waals surface area contributed by atoms with Gasteiger partial charge in [0.25, 0.3) is 0 Å². The predicted octanol–water partition coefficient (Wildman–Crippen LogP) is 9.12. The topological polar surface area (TPSA) is 0 Å². The van der Waals surface area contributed by atoms with Gasteiger partial charge in [-0.2, -0.15) is 0 Å². The smallest absolute Gasteiger partial charge is 0.000719 e. The van der Waals surface area contributed by atoms with Crippen molar-refractivity contribution in [3.8, 4) is 22.3 Å². The van der Waals surface area contributed by atoms with Crippen molar-refractivity contribution in [2.45, 2.75) is 0 Å². The zero-order valence-corrected chi connectivity index (χ0v) is 19.5. The van der Waals surface area contributed by atoms with E-state index < -0.39 is 0 Å². The Hall–Kier alpha value is -4.68. The van der Waals surface area contributed by atoms with Gasteiger partial charge in [-0.05, 0) is 101 Å². The summed E-state index contributed by atoms with van der Waals surface area (Å²) < 4.78 is 0. The Kier molecular flexibility index (Phi) is 4.03. The third-order valence-electron chi connectivity index (χ3n) is 7.59. The highest BCUT2D eigenvalue weighted by atomic mass is 14.3. The van der Waals surface area contributed by atoms with Gasteiger partial charge in [0.2, 0.25) is 0 Å². The number of hydrogen-bond donors (Lipinski definition) is 0. The minimum atomic E-state index is 1.12. The molecule has 0 saturated heterocycles. The van der Waals surface area contributed by atoms with Crippen molar-refractivity contribution in [1.29, 1.82) is 0 Å². The number of rotatable bonds is 1. The molecule has 0 heteroatoms. The van der Waals surface area contributed by atoms with Gasteiger partial charge in [-0.15, -0.1) is 0 Å². The van der Waals surface area contributed by atoms with E-state index in [1.807, 2.05) is 0 Å². The van der Waals surface area contributed by atoms with Crippen LogP contribution in [-0.4, -0.2) is 0 Å². The van der Waals surface area contributed by atoms with Crippen molar-refractivity contribution in [3.05, 3.63) is 156 Å². The van der Waals surface area contributed by atoms with Gasteiger partial charge in [0, 0.05) is 0 Å². The number of benzene rings is 6. The molecule has 0 heterocycles. The van der Waals surface area contributed by atoms with Gasteiger partial charge in [0.05, 0.1) is 0 Å². The predicted molar refractivity (Wildman–Crippen MR) is 150 cm³/mol. The highest BCUT2D eigenvalue weighted by Crippen LogP contribution is 2.49. The maximum Gasteiger partial charge on any atom is -0.000719 e. The van der Waals surface area contributed by atoms with Gasteiger partial charge in [-0.1, -0.05) is 109 Å². The molecule has 6 aromatic rings. The second-order valence-corrected chi connectivity index (χ2v) is 9.52. The van der Waals surface area contributed by atoms with E-state index >= 15 is 0 Å². The standard InChI is InChI=1S/C36H20/c1-2-11-25-22-35-31(27-13-5-8-16-30(27)34(35)21-24(25)10-1)19-20-33-29-15-7-6-14-28(29)32-18-17-23-9-3-4-12-26(23)36(32)33/h1-18,20-21H/b31-19?,33-20-. The molecule has 8 rings (SSSR count). The van der Waals surface area contributed by atoms with E-state index in [4.69, 9.17) is 0 Å². The van der Waals surface area contributed by atoms with Gasteiger partial charge in [0.1, 0.15) is 0 Å². The summed E-state index contributed by atoms with van der Waals surface area (Å²) in [6, 6.07) is 45.1. The Labute approximate surface area is 210 Å². The lowest BCUT2D eigenvalue weighted by molar-refractivity contribution is 1.63. The van der Waals surface area contributed by atoms with Gasteiger partial charge in [-0.25, -0.2) is 0 Å². The monoisotopic (exact) mass is 452 g/mol. The fraction of sp³-hybridized carbons (Fsp3) is 0. The molecule has 6 aromatic carbocycles. The fourth-order valence-corrected chi connectivity index (χ4v) is 5.96.